The number of fused-ring (bicyclic) bond motifs is 4. The van der Waals surface area contributed by atoms with Gasteiger partial charge in [0.15, 0.2) is 0 Å². The number of hydrogen-bond donors (Lipinski definition) is 1. The van der Waals surface area contributed by atoms with E-state index in [0.29, 0.717) is 0 Å². The lowest BCUT2D eigenvalue weighted by Gasteiger charge is -2.34. The summed E-state index contributed by atoms with van der Waals surface area (Å²) in [6, 6.07) is 21.3. The molecule has 156 valence electrons. The number of carboxylic acids is 1. The molecule has 0 aromatic heterocycles. The quantitative estimate of drug-likeness (QED) is 0.673. The van der Waals surface area contributed by atoms with Crippen molar-refractivity contribution < 1.29 is 19.4 Å². The first-order valence-corrected chi connectivity index (χ1v) is 10.5. The van der Waals surface area contributed by atoms with Crippen LogP contribution in [0.3, 0.4) is 0 Å². The summed E-state index contributed by atoms with van der Waals surface area (Å²) in [6.07, 6.45) is -0.295. The molecule has 0 saturated carbocycles. The van der Waals surface area contributed by atoms with Crippen LogP contribution in [0.2, 0.25) is 0 Å². The molecule has 2 aliphatic rings. The number of benzene rings is 3. The smallest absolute Gasteiger partial charge is 0.410 e. The summed E-state index contributed by atoms with van der Waals surface area (Å²) in [4.78, 5) is 26.3. The van der Waals surface area contributed by atoms with Gasteiger partial charge in [-0.25, -0.2) is 9.59 Å². The second-order valence-corrected chi connectivity index (χ2v) is 8.26. The van der Waals surface area contributed by atoms with Crippen LogP contribution in [0.15, 0.2) is 66.7 Å². The van der Waals surface area contributed by atoms with E-state index in [1.807, 2.05) is 49.4 Å². The van der Waals surface area contributed by atoms with Crippen LogP contribution in [0.4, 0.5) is 4.79 Å². The number of hydrogen-bond acceptors (Lipinski definition) is 3. The monoisotopic (exact) mass is 413 g/mol. The van der Waals surface area contributed by atoms with Crippen LogP contribution in [0.1, 0.15) is 33.7 Å². The molecule has 5 nitrogen and oxygen atoms in total. The van der Waals surface area contributed by atoms with Crippen LogP contribution < -0.4 is 0 Å². The lowest BCUT2D eigenvalue weighted by molar-refractivity contribution is -0.143. The van der Waals surface area contributed by atoms with Gasteiger partial charge in [0.2, 0.25) is 0 Å². The molecule has 0 bridgehead atoms. The Morgan fingerprint density at radius 3 is 2.26 bits per heavy atom. The third-order valence-electron chi connectivity index (χ3n) is 6.35. The Balaban J connectivity index is 1.38. The molecule has 0 saturated heterocycles. The first-order chi connectivity index (χ1) is 15.0. The van der Waals surface area contributed by atoms with E-state index in [4.69, 9.17) is 4.74 Å². The molecule has 1 N–H and O–H groups in total. The number of aryl methyl sites for hydroxylation is 1. The van der Waals surface area contributed by atoms with Gasteiger partial charge in [-0.05, 0) is 40.3 Å². The fourth-order valence-electron chi connectivity index (χ4n) is 4.80. The highest BCUT2D eigenvalue weighted by Gasteiger charge is 2.37. The van der Waals surface area contributed by atoms with Crippen molar-refractivity contribution in [3.8, 4) is 11.1 Å². The van der Waals surface area contributed by atoms with Crippen LogP contribution in [-0.2, 0) is 22.5 Å². The maximum atomic E-state index is 13.0. The molecular formula is C26H23NO4. The van der Waals surface area contributed by atoms with E-state index in [0.717, 1.165) is 38.9 Å². The standard InChI is InChI=1S/C26H23NO4/c1-16-10-11-17-13-24(25(28)29)27(14-18(17)12-16)26(30)31-15-23-21-8-4-2-6-19(21)20-7-3-5-9-22(20)23/h2-12,23-24H,13-15H2,1H3,(H,28,29)/t24-/m1/s1. The first-order valence-electron chi connectivity index (χ1n) is 10.5. The van der Waals surface area contributed by atoms with Gasteiger partial charge < -0.3 is 9.84 Å². The highest BCUT2D eigenvalue weighted by molar-refractivity contribution is 5.82. The SMILES string of the molecule is Cc1ccc2c(c1)CN(C(=O)OCC1c3ccccc3-c3ccccc31)[C@@H](C(=O)O)C2. The molecule has 0 spiro atoms. The molecule has 31 heavy (non-hydrogen) atoms. The summed E-state index contributed by atoms with van der Waals surface area (Å²) < 4.78 is 5.73. The lowest BCUT2D eigenvalue weighted by atomic mass is 9.93. The van der Waals surface area contributed by atoms with E-state index in [-0.39, 0.29) is 25.5 Å². The number of carbonyl (C=O) groups is 2. The highest BCUT2D eigenvalue weighted by Crippen LogP contribution is 2.44. The van der Waals surface area contributed by atoms with Crippen molar-refractivity contribution in [1.82, 2.24) is 4.90 Å². The molecule has 5 rings (SSSR count). The minimum Gasteiger partial charge on any atom is -0.480 e. The van der Waals surface area contributed by atoms with Gasteiger partial charge in [-0.15, -0.1) is 0 Å². The predicted octanol–water partition coefficient (Wildman–Crippen LogP) is 4.76. The van der Waals surface area contributed by atoms with Gasteiger partial charge in [0.05, 0.1) is 6.54 Å². The van der Waals surface area contributed by atoms with Crippen molar-refractivity contribution in [2.45, 2.75) is 31.8 Å². The number of nitrogens with zero attached hydrogens (tertiary/aromatic N) is 1. The Hall–Kier alpha value is -3.60. The molecule has 3 aromatic carbocycles. The van der Waals surface area contributed by atoms with Crippen LogP contribution in [0.5, 0.6) is 0 Å². The Kier molecular flexibility index (Phi) is 4.74. The van der Waals surface area contributed by atoms with Crippen molar-refractivity contribution in [1.29, 1.82) is 0 Å². The molecule has 1 aliphatic carbocycles. The topological polar surface area (TPSA) is 66.8 Å². The van der Waals surface area contributed by atoms with Crippen molar-refractivity contribution in [2.24, 2.45) is 0 Å². The molecule has 1 heterocycles. The van der Waals surface area contributed by atoms with Gasteiger partial charge in [0, 0.05) is 12.3 Å². The lowest BCUT2D eigenvalue weighted by Crippen LogP contribution is -2.49. The van der Waals surface area contributed by atoms with Gasteiger partial charge in [-0.1, -0.05) is 72.3 Å². The Bertz CT molecular complexity index is 1140. The van der Waals surface area contributed by atoms with Gasteiger partial charge in [-0.3, -0.25) is 4.90 Å². The largest absolute Gasteiger partial charge is 0.480 e. The van der Waals surface area contributed by atoms with Crippen molar-refractivity contribution in [3.63, 3.8) is 0 Å². The van der Waals surface area contributed by atoms with E-state index in [2.05, 4.69) is 24.3 Å². The number of rotatable bonds is 3. The minimum absolute atomic E-state index is 0.0565. The van der Waals surface area contributed by atoms with E-state index >= 15 is 0 Å². The van der Waals surface area contributed by atoms with Gasteiger partial charge >= 0.3 is 12.1 Å². The zero-order chi connectivity index (χ0) is 21.5. The third kappa shape index (κ3) is 3.36. The average Bonchev–Trinajstić information content (AvgIpc) is 3.10. The second-order valence-electron chi connectivity index (χ2n) is 8.26. The first kappa shape index (κ1) is 19.4. The summed E-state index contributed by atoms with van der Waals surface area (Å²) in [5.41, 5.74) is 7.61. The van der Waals surface area contributed by atoms with Crippen LogP contribution in [0.25, 0.3) is 11.1 Å². The normalized spacial score (nSPS) is 16.9. The van der Waals surface area contributed by atoms with E-state index in [1.54, 1.807) is 0 Å². The number of aliphatic carboxylic acids is 1. The van der Waals surface area contributed by atoms with E-state index in [1.165, 1.54) is 4.90 Å². The van der Waals surface area contributed by atoms with Gasteiger partial charge in [0.1, 0.15) is 12.6 Å². The highest BCUT2D eigenvalue weighted by atomic mass is 16.6. The molecule has 0 unspecified atom stereocenters. The molecule has 1 amide bonds. The van der Waals surface area contributed by atoms with E-state index < -0.39 is 18.1 Å². The molecule has 0 fully saturated rings. The number of carboxylic acid groups (broad SMARTS) is 1. The number of ether oxygens (including phenoxy) is 1. The van der Waals surface area contributed by atoms with E-state index in [9.17, 15) is 14.7 Å². The summed E-state index contributed by atoms with van der Waals surface area (Å²) in [5, 5.41) is 9.73. The zero-order valence-corrected chi connectivity index (χ0v) is 17.2. The Morgan fingerprint density at radius 2 is 1.61 bits per heavy atom. The van der Waals surface area contributed by atoms with Gasteiger partial charge in [0.25, 0.3) is 0 Å². The Morgan fingerprint density at radius 1 is 0.968 bits per heavy atom. The molecule has 3 aromatic rings. The molecule has 1 atom stereocenters. The second kappa shape index (κ2) is 7.58. The zero-order valence-electron chi connectivity index (χ0n) is 17.2. The summed E-state index contributed by atoms with van der Waals surface area (Å²) in [5.74, 6) is -1.07. The minimum atomic E-state index is -1.01. The van der Waals surface area contributed by atoms with Crippen molar-refractivity contribution >= 4 is 12.1 Å². The fraction of sp³-hybridized carbons (Fsp3) is 0.231. The van der Waals surface area contributed by atoms with Crippen LogP contribution >= 0.6 is 0 Å². The molecule has 0 radical (unpaired) electrons. The number of amides is 1. The van der Waals surface area contributed by atoms with Crippen molar-refractivity contribution in [2.75, 3.05) is 6.61 Å². The molecule has 5 heteroatoms. The summed E-state index contributed by atoms with van der Waals surface area (Å²) in [7, 11) is 0. The van der Waals surface area contributed by atoms with Crippen LogP contribution in [-0.4, -0.2) is 34.7 Å². The van der Waals surface area contributed by atoms with Crippen LogP contribution in [0, 0.1) is 6.92 Å². The molecule has 1 aliphatic heterocycles. The maximum Gasteiger partial charge on any atom is 0.410 e. The summed E-state index contributed by atoms with van der Waals surface area (Å²) >= 11 is 0. The van der Waals surface area contributed by atoms with Gasteiger partial charge in [-0.2, -0.15) is 0 Å². The fourth-order valence-corrected chi connectivity index (χ4v) is 4.80. The number of carbonyl (C=O) groups excluding carboxylic acids is 1. The molecular weight excluding hydrogens is 390 g/mol. The predicted molar refractivity (Wildman–Crippen MR) is 117 cm³/mol. The maximum absolute atomic E-state index is 13.0. The Labute approximate surface area is 180 Å². The van der Waals surface area contributed by atoms with Crippen molar-refractivity contribution in [3.05, 3.63) is 94.5 Å². The summed E-state index contributed by atoms with van der Waals surface area (Å²) in [6.45, 7) is 2.40. The average molecular weight is 413 g/mol. The third-order valence-corrected chi connectivity index (χ3v) is 6.35.